The highest BCUT2D eigenvalue weighted by molar-refractivity contribution is 8.17. The molecule has 0 aliphatic carbocycles. The third-order valence-electron chi connectivity index (χ3n) is 3.28. The zero-order valence-electron chi connectivity index (χ0n) is 12.1. The van der Waals surface area contributed by atoms with Gasteiger partial charge in [-0.2, -0.15) is 10.9 Å². The van der Waals surface area contributed by atoms with Crippen LogP contribution in [0.1, 0.15) is 0 Å². The maximum Gasteiger partial charge on any atom is 0.127 e. The first kappa shape index (κ1) is 16.5. The van der Waals surface area contributed by atoms with Crippen LogP contribution in [0.15, 0.2) is 75.4 Å². The largest absolute Gasteiger partial charge is 0.207 e. The number of halogens is 5. The van der Waals surface area contributed by atoms with Gasteiger partial charge in [-0.15, -0.1) is 0 Å². The van der Waals surface area contributed by atoms with Crippen molar-refractivity contribution in [2.45, 2.75) is 14.7 Å². The van der Waals surface area contributed by atoms with Crippen molar-refractivity contribution in [1.82, 2.24) is 0 Å². The first-order chi connectivity index (χ1) is 11.4. The monoisotopic (exact) mass is 354 g/mol. The molecular weight excluding hydrogens is 343 g/mol. The van der Waals surface area contributed by atoms with Crippen LogP contribution in [0.5, 0.6) is 0 Å². The highest BCUT2D eigenvalue weighted by Gasteiger charge is 2.17. The van der Waals surface area contributed by atoms with Crippen molar-refractivity contribution in [2.24, 2.45) is 0 Å². The molecule has 0 aliphatic heterocycles. The molecule has 3 aromatic rings. The molecule has 0 saturated carbocycles. The van der Waals surface area contributed by atoms with E-state index >= 15 is 0 Å². The minimum absolute atomic E-state index is 0.193. The van der Waals surface area contributed by atoms with Crippen molar-refractivity contribution in [3.63, 3.8) is 0 Å². The lowest BCUT2D eigenvalue weighted by Gasteiger charge is -2.23. The molecule has 3 rings (SSSR count). The first-order valence-corrected chi connectivity index (χ1v) is 8.24. The van der Waals surface area contributed by atoms with Gasteiger partial charge >= 0.3 is 0 Å². The van der Waals surface area contributed by atoms with E-state index < -0.39 is 40.0 Å². The maximum atomic E-state index is 13.6. The van der Waals surface area contributed by atoms with Gasteiger partial charge in [0, 0.05) is 21.9 Å². The van der Waals surface area contributed by atoms with Crippen molar-refractivity contribution in [3.8, 4) is 0 Å². The Hall–Kier alpha value is -2.34. The summed E-state index contributed by atoms with van der Waals surface area (Å²) in [4.78, 5) is 0.774. The Labute approximate surface area is 137 Å². The molecule has 124 valence electrons. The molecule has 0 heterocycles. The topological polar surface area (TPSA) is 0 Å². The highest BCUT2D eigenvalue weighted by atomic mass is 32.2. The summed E-state index contributed by atoms with van der Waals surface area (Å²) in [6.07, 6.45) is 0. The Morgan fingerprint density at radius 2 is 0.875 bits per heavy atom. The normalized spacial score (nSPS) is 11.5. The average molecular weight is 354 g/mol. The van der Waals surface area contributed by atoms with Gasteiger partial charge in [-0.05, 0) is 47.4 Å². The molecule has 0 N–H and O–H groups in total. The molecule has 0 aliphatic rings. The molecule has 0 unspecified atom stereocenters. The van der Waals surface area contributed by atoms with Gasteiger partial charge in [0.05, 0.1) is 0 Å². The SMILES string of the molecule is Fc1cccc([SH](c2cc(F)cc(F)c2)c2cc(F)cc(F)c2)c1. The van der Waals surface area contributed by atoms with Crippen LogP contribution in [-0.2, 0) is 0 Å². The molecule has 0 radical (unpaired) electrons. The highest BCUT2D eigenvalue weighted by Crippen LogP contribution is 2.52. The molecule has 0 fully saturated rings. The van der Waals surface area contributed by atoms with Gasteiger partial charge in [-0.25, -0.2) is 22.0 Å². The third kappa shape index (κ3) is 3.59. The predicted octanol–water partition coefficient (Wildman–Crippen LogP) is 5.86. The lowest BCUT2D eigenvalue weighted by molar-refractivity contribution is 0.576. The first-order valence-electron chi connectivity index (χ1n) is 6.90. The van der Waals surface area contributed by atoms with Gasteiger partial charge < -0.3 is 0 Å². The van der Waals surface area contributed by atoms with Gasteiger partial charge in [0.2, 0.25) is 0 Å². The molecule has 0 aromatic heterocycles. The smallest absolute Gasteiger partial charge is 0.127 e. The fourth-order valence-corrected chi connectivity index (χ4v) is 4.79. The Kier molecular flexibility index (Phi) is 4.57. The van der Waals surface area contributed by atoms with Crippen molar-refractivity contribution in [1.29, 1.82) is 0 Å². The summed E-state index contributed by atoms with van der Waals surface area (Å²) in [5, 5.41) is 0. The van der Waals surface area contributed by atoms with Gasteiger partial charge in [0.1, 0.15) is 29.1 Å². The summed E-state index contributed by atoms with van der Waals surface area (Å²) in [5.41, 5.74) is 0. The molecule has 6 heteroatoms. The van der Waals surface area contributed by atoms with Crippen LogP contribution in [0.25, 0.3) is 0 Å². The summed E-state index contributed by atoms with van der Waals surface area (Å²) < 4.78 is 68.0. The number of benzene rings is 3. The molecule has 3 aromatic carbocycles. The summed E-state index contributed by atoms with van der Waals surface area (Å²) in [5.74, 6) is -3.80. The summed E-state index contributed by atoms with van der Waals surface area (Å²) >= 11 is 0. The molecule has 24 heavy (non-hydrogen) atoms. The Bertz CT molecular complexity index is 802. The Morgan fingerprint density at radius 1 is 0.458 bits per heavy atom. The number of hydrogen-bond donors (Lipinski definition) is 1. The van der Waals surface area contributed by atoms with Crippen molar-refractivity contribution in [2.75, 3.05) is 0 Å². The van der Waals surface area contributed by atoms with Crippen LogP contribution in [0.4, 0.5) is 22.0 Å². The van der Waals surface area contributed by atoms with Gasteiger partial charge in [0.25, 0.3) is 0 Å². The summed E-state index contributed by atoms with van der Waals surface area (Å²) in [7, 11) is -1.73. The minimum atomic E-state index is -1.73. The van der Waals surface area contributed by atoms with E-state index in [-0.39, 0.29) is 9.79 Å². The van der Waals surface area contributed by atoms with E-state index in [4.69, 9.17) is 0 Å². The Morgan fingerprint density at radius 3 is 1.29 bits per heavy atom. The molecule has 0 nitrogen and oxygen atoms in total. The van der Waals surface area contributed by atoms with Crippen LogP contribution in [-0.4, -0.2) is 0 Å². The number of rotatable bonds is 3. The van der Waals surface area contributed by atoms with Gasteiger partial charge in [-0.3, -0.25) is 0 Å². The molecule has 0 bridgehead atoms. The quantitative estimate of drug-likeness (QED) is 0.442. The van der Waals surface area contributed by atoms with E-state index in [2.05, 4.69) is 0 Å². The van der Waals surface area contributed by atoms with Gasteiger partial charge in [-0.1, -0.05) is 6.07 Å². The Balaban J connectivity index is 2.24. The maximum absolute atomic E-state index is 13.6. The number of thiol groups is 1. The van der Waals surface area contributed by atoms with Crippen LogP contribution >= 0.6 is 10.9 Å². The lowest BCUT2D eigenvalue weighted by Crippen LogP contribution is -1.94. The standard InChI is InChI=1S/C18H11F5S/c19-11-2-1-3-16(6-11)24(17-7-12(20)4-13(21)8-17)18-9-14(22)5-15(23)10-18/h1-10,24H. The van der Waals surface area contributed by atoms with E-state index in [1.165, 1.54) is 18.2 Å². The summed E-state index contributed by atoms with van der Waals surface area (Å²) in [6.45, 7) is 0. The fraction of sp³-hybridized carbons (Fsp3) is 0. The van der Waals surface area contributed by atoms with E-state index in [9.17, 15) is 22.0 Å². The molecule has 0 atom stereocenters. The zero-order chi connectivity index (χ0) is 17.3. The lowest BCUT2D eigenvalue weighted by atomic mass is 10.3. The average Bonchev–Trinajstić information content (AvgIpc) is 2.45. The van der Waals surface area contributed by atoms with Crippen LogP contribution in [0, 0.1) is 29.1 Å². The van der Waals surface area contributed by atoms with Crippen LogP contribution in [0.2, 0.25) is 0 Å². The van der Waals surface area contributed by atoms with Crippen molar-refractivity contribution < 1.29 is 22.0 Å². The molecule has 0 amide bonds. The summed E-state index contributed by atoms with van der Waals surface area (Å²) in [6, 6.07) is 11.2. The van der Waals surface area contributed by atoms with Crippen LogP contribution in [0.3, 0.4) is 0 Å². The minimum Gasteiger partial charge on any atom is -0.207 e. The third-order valence-corrected chi connectivity index (χ3v) is 5.62. The fourth-order valence-electron chi connectivity index (χ4n) is 2.40. The molecule has 0 saturated heterocycles. The van der Waals surface area contributed by atoms with Crippen molar-refractivity contribution in [3.05, 3.63) is 89.7 Å². The second kappa shape index (κ2) is 6.65. The predicted molar refractivity (Wildman–Crippen MR) is 82.9 cm³/mol. The van der Waals surface area contributed by atoms with E-state index in [1.807, 2.05) is 0 Å². The van der Waals surface area contributed by atoms with Gasteiger partial charge in [0.15, 0.2) is 0 Å². The van der Waals surface area contributed by atoms with Crippen molar-refractivity contribution >= 4 is 10.9 Å². The van der Waals surface area contributed by atoms with E-state index in [0.717, 1.165) is 24.3 Å². The second-order valence-corrected chi connectivity index (χ2v) is 7.29. The zero-order valence-corrected chi connectivity index (χ0v) is 13.0. The molecular formula is C18H11F5S. The van der Waals surface area contributed by atoms with E-state index in [1.54, 1.807) is 6.07 Å². The number of hydrogen-bond acceptors (Lipinski definition) is 0. The van der Waals surface area contributed by atoms with Crippen LogP contribution < -0.4 is 0 Å². The van der Waals surface area contributed by atoms with E-state index in [0.29, 0.717) is 17.0 Å². The second-order valence-electron chi connectivity index (χ2n) is 5.07. The molecule has 0 spiro atoms.